The lowest BCUT2D eigenvalue weighted by molar-refractivity contribution is 0.371. The fourth-order valence-corrected chi connectivity index (χ4v) is 1.43. The van der Waals surface area contributed by atoms with Gasteiger partial charge in [0.05, 0.1) is 12.5 Å². The normalized spacial score (nSPS) is 10.8. The largest absolute Gasteiger partial charge is 0.472 e. The lowest BCUT2D eigenvalue weighted by Crippen LogP contribution is -2.14. The fourth-order valence-electron chi connectivity index (χ4n) is 1.43. The van der Waals surface area contributed by atoms with Gasteiger partial charge in [-0.05, 0) is 26.0 Å². The molecule has 0 aliphatic carbocycles. The van der Waals surface area contributed by atoms with Crippen LogP contribution < -0.4 is 5.32 Å². The van der Waals surface area contributed by atoms with Crippen molar-refractivity contribution in [2.45, 2.75) is 26.3 Å². The quantitative estimate of drug-likeness (QED) is 0.752. The van der Waals surface area contributed by atoms with E-state index in [1.54, 1.807) is 12.5 Å². The van der Waals surface area contributed by atoms with Gasteiger partial charge < -0.3 is 14.3 Å². The Morgan fingerprint density at radius 2 is 2.38 bits per heavy atom. The van der Waals surface area contributed by atoms with Crippen LogP contribution in [0.15, 0.2) is 27.5 Å². The van der Waals surface area contributed by atoms with Crippen LogP contribution in [0.3, 0.4) is 0 Å². The Hall–Kier alpha value is -1.62. The van der Waals surface area contributed by atoms with Crippen molar-refractivity contribution in [3.63, 3.8) is 0 Å². The molecule has 2 rings (SSSR count). The molecule has 0 aliphatic heterocycles. The number of rotatable bonds is 6. The third kappa shape index (κ3) is 3.20. The van der Waals surface area contributed by atoms with Gasteiger partial charge in [-0.1, -0.05) is 5.16 Å². The van der Waals surface area contributed by atoms with Gasteiger partial charge in [-0.2, -0.15) is 4.98 Å². The highest BCUT2D eigenvalue weighted by Gasteiger charge is 2.01. The predicted octanol–water partition coefficient (Wildman–Crippen LogP) is 1.69. The molecule has 5 nitrogen and oxygen atoms in total. The molecule has 0 atom stereocenters. The highest BCUT2D eigenvalue weighted by atomic mass is 16.5. The lowest BCUT2D eigenvalue weighted by Gasteiger charge is -2.00. The molecule has 1 N–H and O–H groups in total. The van der Waals surface area contributed by atoms with Crippen molar-refractivity contribution in [2.24, 2.45) is 0 Å². The van der Waals surface area contributed by atoms with E-state index in [9.17, 15) is 0 Å². The summed E-state index contributed by atoms with van der Waals surface area (Å²) in [5.41, 5.74) is 1.16. The highest BCUT2D eigenvalue weighted by molar-refractivity contribution is 5.04. The standard InChI is InChI=1S/C11H15N3O2/c1-9-13-11(16-14-9)3-2-5-12-7-10-4-6-15-8-10/h4,6,8,12H,2-3,5,7H2,1H3. The Labute approximate surface area is 93.8 Å². The van der Waals surface area contributed by atoms with E-state index in [1.165, 1.54) is 0 Å². The molecule has 5 heteroatoms. The molecule has 2 heterocycles. The van der Waals surface area contributed by atoms with Gasteiger partial charge in [0.1, 0.15) is 0 Å². The molecule has 0 aliphatic rings. The van der Waals surface area contributed by atoms with Crippen LogP contribution in [0.2, 0.25) is 0 Å². The van der Waals surface area contributed by atoms with Crippen molar-refractivity contribution >= 4 is 0 Å². The number of aryl methyl sites for hydroxylation is 2. The summed E-state index contributed by atoms with van der Waals surface area (Å²) in [5.74, 6) is 1.41. The first-order chi connectivity index (χ1) is 7.84. The second-order valence-corrected chi connectivity index (χ2v) is 3.65. The zero-order valence-electron chi connectivity index (χ0n) is 9.27. The van der Waals surface area contributed by atoms with Crippen LogP contribution >= 0.6 is 0 Å². The zero-order valence-corrected chi connectivity index (χ0v) is 9.27. The molecule has 0 saturated heterocycles. The van der Waals surface area contributed by atoms with Gasteiger partial charge in [-0.15, -0.1) is 0 Å². The summed E-state index contributed by atoms with van der Waals surface area (Å²) in [6.45, 7) is 3.58. The molecule has 86 valence electrons. The maximum atomic E-state index is 5.01. The van der Waals surface area contributed by atoms with Crippen LogP contribution in [0.4, 0.5) is 0 Å². The number of furan rings is 1. The van der Waals surface area contributed by atoms with Crippen molar-refractivity contribution in [3.05, 3.63) is 35.9 Å². The van der Waals surface area contributed by atoms with Gasteiger partial charge in [0, 0.05) is 18.5 Å². The Balaban J connectivity index is 1.59. The third-order valence-corrected chi connectivity index (χ3v) is 2.22. The van der Waals surface area contributed by atoms with Crippen molar-refractivity contribution in [1.29, 1.82) is 0 Å². The second-order valence-electron chi connectivity index (χ2n) is 3.65. The smallest absolute Gasteiger partial charge is 0.226 e. The molecule has 0 aromatic carbocycles. The SMILES string of the molecule is Cc1noc(CCCNCc2ccoc2)n1. The first-order valence-corrected chi connectivity index (χ1v) is 5.35. The predicted molar refractivity (Wildman–Crippen MR) is 57.8 cm³/mol. The Bertz CT molecular complexity index is 409. The maximum absolute atomic E-state index is 5.01. The van der Waals surface area contributed by atoms with E-state index in [1.807, 2.05) is 13.0 Å². The molecular weight excluding hydrogens is 206 g/mol. The molecular formula is C11H15N3O2. The maximum Gasteiger partial charge on any atom is 0.226 e. The van der Waals surface area contributed by atoms with Gasteiger partial charge in [-0.25, -0.2) is 0 Å². The molecule has 0 fully saturated rings. The van der Waals surface area contributed by atoms with E-state index < -0.39 is 0 Å². The monoisotopic (exact) mass is 221 g/mol. The molecule has 16 heavy (non-hydrogen) atoms. The molecule has 0 unspecified atom stereocenters. The minimum absolute atomic E-state index is 0.696. The van der Waals surface area contributed by atoms with Crippen molar-refractivity contribution in [1.82, 2.24) is 15.5 Å². The summed E-state index contributed by atoms with van der Waals surface area (Å²) in [6, 6.07) is 1.95. The summed E-state index contributed by atoms with van der Waals surface area (Å²) < 4.78 is 9.98. The van der Waals surface area contributed by atoms with E-state index in [4.69, 9.17) is 8.94 Å². The molecule has 0 amide bonds. The van der Waals surface area contributed by atoms with E-state index in [0.717, 1.165) is 31.5 Å². The number of aromatic nitrogens is 2. The van der Waals surface area contributed by atoms with Crippen LogP contribution in [0.5, 0.6) is 0 Å². The summed E-state index contributed by atoms with van der Waals surface area (Å²) >= 11 is 0. The number of hydrogen-bond acceptors (Lipinski definition) is 5. The van der Waals surface area contributed by atoms with E-state index in [0.29, 0.717) is 11.7 Å². The lowest BCUT2D eigenvalue weighted by atomic mass is 10.3. The average molecular weight is 221 g/mol. The molecule has 0 saturated carbocycles. The first-order valence-electron chi connectivity index (χ1n) is 5.35. The third-order valence-electron chi connectivity index (χ3n) is 2.22. The van der Waals surface area contributed by atoms with Gasteiger partial charge in [0.2, 0.25) is 5.89 Å². The Morgan fingerprint density at radius 1 is 1.44 bits per heavy atom. The molecule has 2 aromatic rings. The van der Waals surface area contributed by atoms with Crippen LogP contribution in [0.25, 0.3) is 0 Å². The molecule has 0 radical (unpaired) electrons. The van der Waals surface area contributed by atoms with Crippen LogP contribution in [-0.2, 0) is 13.0 Å². The number of nitrogens with zero attached hydrogens (tertiary/aromatic N) is 2. The van der Waals surface area contributed by atoms with E-state index >= 15 is 0 Å². The first kappa shape index (κ1) is 10.9. The minimum atomic E-state index is 0.696. The topological polar surface area (TPSA) is 64.1 Å². The number of hydrogen-bond donors (Lipinski definition) is 1. The van der Waals surface area contributed by atoms with E-state index in [-0.39, 0.29) is 0 Å². The summed E-state index contributed by atoms with van der Waals surface area (Å²) in [6.07, 6.45) is 5.23. The molecule has 2 aromatic heterocycles. The number of nitrogens with one attached hydrogen (secondary N) is 1. The Kier molecular flexibility index (Phi) is 3.71. The van der Waals surface area contributed by atoms with E-state index in [2.05, 4.69) is 15.5 Å². The van der Waals surface area contributed by atoms with Crippen molar-refractivity contribution in [3.8, 4) is 0 Å². The van der Waals surface area contributed by atoms with Gasteiger partial charge in [0.15, 0.2) is 5.82 Å². The van der Waals surface area contributed by atoms with Gasteiger partial charge in [0.25, 0.3) is 0 Å². The van der Waals surface area contributed by atoms with Crippen LogP contribution in [-0.4, -0.2) is 16.7 Å². The van der Waals surface area contributed by atoms with Gasteiger partial charge in [-0.3, -0.25) is 0 Å². The van der Waals surface area contributed by atoms with Crippen molar-refractivity contribution in [2.75, 3.05) is 6.54 Å². The Morgan fingerprint density at radius 3 is 3.06 bits per heavy atom. The summed E-state index contributed by atoms with van der Waals surface area (Å²) in [5, 5.41) is 7.05. The van der Waals surface area contributed by atoms with Crippen molar-refractivity contribution < 1.29 is 8.94 Å². The zero-order chi connectivity index (χ0) is 11.2. The summed E-state index contributed by atoms with van der Waals surface area (Å²) in [4.78, 5) is 4.14. The minimum Gasteiger partial charge on any atom is -0.472 e. The molecule has 0 spiro atoms. The fraction of sp³-hybridized carbons (Fsp3) is 0.455. The highest BCUT2D eigenvalue weighted by Crippen LogP contribution is 2.01. The average Bonchev–Trinajstić information content (AvgIpc) is 2.89. The van der Waals surface area contributed by atoms with Gasteiger partial charge >= 0.3 is 0 Å². The molecule has 0 bridgehead atoms. The van der Waals surface area contributed by atoms with Crippen LogP contribution in [0, 0.1) is 6.92 Å². The van der Waals surface area contributed by atoms with Crippen LogP contribution in [0.1, 0.15) is 23.7 Å². The second kappa shape index (κ2) is 5.46. The summed E-state index contributed by atoms with van der Waals surface area (Å²) in [7, 11) is 0.